The number of cyclic esters (lactones) is 1. The Morgan fingerprint density at radius 1 is 0.583 bits per heavy atom. The van der Waals surface area contributed by atoms with E-state index in [4.69, 9.17) is 14.2 Å². The van der Waals surface area contributed by atoms with E-state index in [2.05, 4.69) is 0 Å². The molecule has 0 radical (unpaired) electrons. The number of carbonyl (C=O) groups excluding carboxylic acids is 3. The second kappa shape index (κ2) is 9.70. The van der Waals surface area contributed by atoms with E-state index >= 15 is 0 Å². The van der Waals surface area contributed by atoms with Crippen LogP contribution in [-0.4, -0.2) is 37.7 Å². The van der Waals surface area contributed by atoms with Crippen molar-refractivity contribution in [1.82, 2.24) is 0 Å². The Kier molecular flexibility index (Phi) is 7.26. The molecule has 0 atom stereocenters. The van der Waals surface area contributed by atoms with Gasteiger partial charge in [-0.15, -0.1) is 0 Å². The molecular formula is C18H22O6. The Bertz CT molecular complexity index is 514. The second-order valence-electron chi connectivity index (χ2n) is 5.59. The molecule has 3 heterocycles. The molecule has 24 heavy (non-hydrogen) atoms. The molecule has 1 aromatic carbocycles. The molecular weight excluding hydrogens is 312 g/mol. The summed E-state index contributed by atoms with van der Waals surface area (Å²) in [5.41, 5.74) is 0.911. The van der Waals surface area contributed by atoms with Crippen LogP contribution in [0.2, 0.25) is 0 Å². The molecule has 0 aromatic heterocycles. The molecule has 0 saturated carbocycles. The van der Waals surface area contributed by atoms with Crippen molar-refractivity contribution in [2.45, 2.75) is 38.5 Å². The lowest BCUT2D eigenvalue weighted by Gasteiger charge is -2.09. The van der Waals surface area contributed by atoms with Gasteiger partial charge in [-0.1, -0.05) is 0 Å². The smallest absolute Gasteiger partial charge is 0.338 e. The number of benzene rings is 1. The van der Waals surface area contributed by atoms with Gasteiger partial charge in [0.15, 0.2) is 0 Å². The number of ether oxygens (including phenoxy) is 3. The van der Waals surface area contributed by atoms with Crippen molar-refractivity contribution in [3.8, 4) is 0 Å². The van der Waals surface area contributed by atoms with Gasteiger partial charge >= 0.3 is 17.9 Å². The minimum Gasteiger partial charge on any atom is -0.466 e. The van der Waals surface area contributed by atoms with E-state index in [0.29, 0.717) is 50.2 Å². The maximum absolute atomic E-state index is 11.5. The van der Waals surface area contributed by atoms with Crippen LogP contribution in [0, 0.1) is 0 Å². The van der Waals surface area contributed by atoms with E-state index in [-0.39, 0.29) is 17.9 Å². The molecule has 3 aliphatic rings. The highest BCUT2D eigenvalue weighted by Crippen LogP contribution is 2.09. The molecule has 4 rings (SSSR count). The Labute approximate surface area is 141 Å². The minimum absolute atomic E-state index is 0.0255. The van der Waals surface area contributed by atoms with Crippen molar-refractivity contribution in [2.24, 2.45) is 0 Å². The summed E-state index contributed by atoms with van der Waals surface area (Å²) in [5, 5.41) is 0. The first-order valence-corrected chi connectivity index (χ1v) is 8.27. The van der Waals surface area contributed by atoms with E-state index in [1.807, 2.05) is 0 Å². The summed E-state index contributed by atoms with van der Waals surface area (Å²) in [4.78, 5) is 33.4. The molecule has 2 bridgehead atoms. The van der Waals surface area contributed by atoms with E-state index in [9.17, 15) is 14.4 Å². The molecule has 0 N–H and O–H groups in total. The van der Waals surface area contributed by atoms with Gasteiger partial charge in [-0.3, -0.25) is 4.79 Å². The zero-order valence-electron chi connectivity index (χ0n) is 13.6. The maximum Gasteiger partial charge on any atom is 0.338 e. The average molecular weight is 334 g/mol. The van der Waals surface area contributed by atoms with Crippen LogP contribution < -0.4 is 0 Å². The van der Waals surface area contributed by atoms with Crippen LogP contribution >= 0.6 is 0 Å². The SMILES string of the molecule is O=C1CCCCCO1.O=C1OCCCCOC(=O)c2ccc1cc2. The monoisotopic (exact) mass is 334 g/mol. The lowest BCUT2D eigenvalue weighted by molar-refractivity contribution is -0.142. The highest BCUT2D eigenvalue weighted by molar-refractivity contribution is 5.93. The largest absolute Gasteiger partial charge is 0.466 e. The molecule has 130 valence electrons. The molecule has 6 nitrogen and oxygen atoms in total. The standard InChI is InChI=1S/C12H12O4.C6H10O2/c13-11-9-3-5-10(6-4-9)12(14)16-8-2-1-7-15-11;7-6-4-2-1-3-5-8-6/h3-6H,1-2,7-8H2;1-5H2. The molecule has 6 heteroatoms. The molecule has 0 spiro atoms. The first-order chi connectivity index (χ1) is 11.7. The quantitative estimate of drug-likeness (QED) is 0.536. The van der Waals surface area contributed by atoms with Gasteiger partial charge in [0.05, 0.1) is 30.9 Å². The third-order valence-electron chi connectivity index (χ3n) is 3.65. The highest BCUT2D eigenvalue weighted by atomic mass is 16.5. The lowest BCUT2D eigenvalue weighted by Crippen LogP contribution is -2.12. The van der Waals surface area contributed by atoms with E-state index < -0.39 is 0 Å². The topological polar surface area (TPSA) is 78.9 Å². The number of fused-ring (bicyclic) bond motifs is 9. The van der Waals surface area contributed by atoms with Crippen LogP contribution in [0.15, 0.2) is 24.3 Å². The molecule has 0 unspecified atom stereocenters. The third-order valence-corrected chi connectivity index (χ3v) is 3.65. The summed E-state index contributed by atoms with van der Waals surface area (Å²) in [7, 11) is 0. The van der Waals surface area contributed by atoms with Crippen LogP contribution in [-0.2, 0) is 19.0 Å². The van der Waals surface area contributed by atoms with Gasteiger partial charge in [0.25, 0.3) is 0 Å². The van der Waals surface area contributed by atoms with Gasteiger partial charge in [-0.2, -0.15) is 0 Å². The number of hydrogen-bond acceptors (Lipinski definition) is 6. The molecule has 0 aliphatic carbocycles. The van der Waals surface area contributed by atoms with Crippen molar-refractivity contribution in [3.63, 3.8) is 0 Å². The normalized spacial score (nSPS) is 18.6. The van der Waals surface area contributed by atoms with E-state index in [1.165, 1.54) is 0 Å². The Hall–Kier alpha value is -2.37. The van der Waals surface area contributed by atoms with E-state index in [0.717, 1.165) is 19.3 Å². The Morgan fingerprint density at radius 3 is 1.58 bits per heavy atom. The Balaban J connectivity index is 0.000000219. The van der Waals surface area contributed by atoms with Gasteiger partial charge in [-0.25, -0.2) is 9.59 Å². The second-order valence-corrected chi connectivity index (χ2v) is 5.59. The number of hydrogen-bond donors (Lipinski definition) is 0. The lowest BCUT2D eigenvalue weighted by atomic mass is 10.1. The number of carbonyl (C=O) groups is 3. The van der Waals surface area contributed by atoms with Crippen LogP contribution in [0.3, 0.4) is 0 Å². The molecule has 1 fully saturated rings. The summed E-state index contributed by atoms with van der Waals surface area (Å²) >= 11 is 0. The zero-order valence-corrected chi connectivity index (χ0v) is 13.6. The van der Waals surface area contributed by atoms with Crippen LogP contribution in [0.1, 0.15) is 59.2 Å². The van der Waals surface area contributed by atoms with Crippen LogP contribution in [0.4, 0.5) is 0 Å². The minimum atomic E-state index is -0.347. The van der Waals surface area contributed by atoms with Gasteiger partial charge in [0.1, 0.15) is 0 Å². The summed E-state index contributed by atoms with van der Waals surface area (Å²) in [6.07, 6.45) is 5.24. The highest BCUT2D eigenvalue weighted by Gasteiger charge is 2.12. The zero-order chi connectivity index (χ0) is 17.2. The van der Waals surface area contributed by atoms with Crippen molar-refractivity contribution in [2.75, 3.05) is 19.8 Å². The van der Waals surface area contributed by atoms with Gasteiger partial charge in [0, 0.05) is 6.42 Å². The van der Waals surface area contributed by atoms with E-state index in [1.54, 1.807) is 24.3 Å². The maximum atomic E-state index is 11.5. The summed E-state index contributed by atoms with van der Waals surface area (Å²) in [5.74, 6) is -0.719. The summed E-state index contributed by atoms with van der Waals surface area (Å²) in [6, 6.07) is 6.28. The molecule has 1 saturated heterocycles. The summed E-state index contributed by atoms with van der Waals surface area (Å²) in [6.45, 7) is 1.36. The summed E-state index contributed by atoms with van der Waals surface area (Å²) < 4.78 is 14.8. The molecule has 0 amide bonds. The van der Waals surface area contributed by atoms with Crippen LogP contribution in [0.25, 0.3) is 0 Å². The first-order valence-electron chi connectivity index (χ1n) is 8.27. The van der Waals surface area contributed by atoms with Crippen molar-refractivity contribution < 1.29 is 28.6 Å². The Morgan fingerprint density at radius 2 is 1.04 bits per heavy atom. The number of esters is 3. The average Bonchev–Trinajstić information content (AvgIpc) is 2.84. The van der Waals surface area contributed by atoms with Crippen molar-refractivity contribution >= 4 is 17.9 Å². The van der Waals surface area contributed by atoms with Crippen molar-refractivity contribution in [1.29, 1.82) is 0 Å². The fourth-order valence-corrected chi connectivity index (χ4v) is 2.25. The predicted octanol–water partition coefficient (Wildman–Crippen LogP) is 2.90. The predicted molar refractivity (Wildman–Crippen MR) is 85.7 cm³/mol. The fourth-order valence-electron chi connectivity index (χ4n) is 2.25. The fraction of sp³-hybridized carbons (Fsp3) is 0.500. The van der Waals surface area contributed by atoms with Crippen LogP contribution in [0.5, 0.6) is 0 Å². The van der Waals surface area contributed by atoms with Gasteiger partial charge in [0.2, 0.25) is 0 Å². The van der Waals surface area contributed by atoms with Gasteiger partial charge < -0.3 is 14.2 Å². The molecule has 1 aromatic rings. The number of rotatable bonds is 0. The van der Waals surface area contributed by atoms with Gasteiger partial charge in [-0.05, 0) is 56.4 Å². The first kappa shape index (κ1) is 18.0. The molecule has 3 aliphatic heterocycles. The third kappa shape index (κ3) is 6.02. The van der Waals surface area contributed by atoms with Crippen molar-refractivity contribution in [3.05, 3.63) is 35.4 Å².